The van der Waals surface area contributed by atoms with Gasteiger partial charge in [0.05, 0.1) is 10.6 Å². The number of sulfone groups is 1. The molecule has 0 aliphatic carbocycles. The van der Waals surface area contributed by atoms with Gasteiger partial charge in [-0.3, -0.25) is 9.59 Å². The third-order valence-electron chi connectivity index (χ3n) is 5.42. The van der Waals surface area contributed by atoms with E-state index in [-0.39, 0.29) is 41.2 Å². The average molecular weight is 483 g/mol. The molecule has 0 aliphatic rings. The zero-order valence-corrected chi connectivity index (χ0v) is 20.7. The Hall–Kier alpha value is -3.39. The van der Waals surface area contributed by atoms with Gasteiger partial charge in [-0.1, -0.05) is 48.5 Å². The molecule has 7 nitrogen and oxygen atoms in total. The molecule has 0 spiro atoms. The van der Waals surface area contributed by atoms with E-state index in [0.29, 0.717) is 11.3 Å². The summed E-state index contributed by atoms with van der Waals surface area (Å²) in [7, 11) is -1.94. The Kier molecular flexibility index (Phi) is 7.94. The third kappa shape index (κ3) is 5.94. The van der Waals surface area contributed by atoms with Crippen LogP contribution in [0.3, 0.4) is 0 Å². The van der Waals surface area contributed by atoms with Crippen molar-refractivity contribution in [2.45, 2.75) is 44.7 Å². The van der Waals surface area contributed by atoms with E-state index in [9.17, 15) is 18.0 Å². The molecule has 1 aromatic heterocycles. The highest BCUT2D eigenvalue weighted by Crippen LogP contribution is 2.20. The minimum absolute atomic E-state index is 0.0602. The van der Waals surface area contributed by atoms with E-state index in [1.54, 1.807) is 42.8 Å². The summed E-state index contributed by atoms with van der Waals surface area (Å²) in [5.74, 6) is -0.711. The monoisotopic (exact) mass is 482 g/mol. The summed E-state index contributed by atoms with van der Waals surface area (Å²) < 4.78 is 33.2. The molecular weight excluding hydrogens is 452 g/mol. The molecule has 8 heteroatoms. The predicted molar refractivity (Wildman–Crippen MR) is 132 cm³/mol. The van der Waals surface area contributed by atoms with Gasteiger partial charge in [0.2, 0.25) is 5.43 Å². The highest BCUT2D eigenvalue weighted by atomic mass is 32.2. The minimum Gasteiger partial charge on any atom is -0.483 e. The van der Waals surface area contributed by atoms with Crippen molar-refractivity contribution in [3.8, 4) is 5.75 Å². The maximum absolute atomic E-state index is 13.0. The number of pyridine rings is 1. The van der Waals surface area contributed by atoms with E-state index in [1.807, 2.05) is 44.2 Å². The first-order valence-corrected chi connectivity index (χ1v) is 12.7. The molecule has 1 heterocycles. The highest BCUT2D eigenvalue weighted by molar-refractivity contribution is 7.91. The van der Waals surface area contributed by atoms with E-state index >= 15 is 0 Å². The lowest BCUT2D eigenvalue weighted by Crippen LogP contribution is -2.34. The summed E-state index contributed by atoms with van der Waals surface area (Å²) in [4.78, 5) is 26.3. The molecule has 1 N–H and O–H groups in total. The molecule has 0 saturated carbocycles. The maximum atomic E-state index is 13.0. The summed E-state index contributed by atoms with van der Waals surface area (Å²) in [6.45, 7) is 5.51. The van der Waals surface area contributed by atoms with Crippen molar-refractivity contribution in [2.24, 2.45) is 7.05 Å². The van der Waals surface area contributed by atoms with Gasteiger partial charge >= 0.3 is 0 Å². The van der Waals surface area contributed by atoms with Crippen LogP contribution in [0.1, 0.15) is 41.2 Å². The Morgan fingerprint density at radius 3 is 2.35 bits per heavy atom. The quantitative estimate of drug-likeness (QED) is 0.504. The van der Waals surface area contributed by atoms with E-state index < -0.39 is 21.2 Å². The summed E-state index contributed by atoms with van der Waals surface area (Å²) in [6.07, 6.45) is 0.0727. The summed E-state index contributed by atoms with van der Waals surface area (Å²) in [5.41, 5.74) is 1.56. The number of nitrogens with zero attached hydrogens (tertiary/aromatic N) is 1. The lowest BCUT2D eigenvalue weighted by molar-refractivity contribution is 0.0927. The van der Waals surface area contributed by atoms with Crippen LogP contribution in [-0.4, -0.2) is 30.7 Å². The lowest BCUT2D eigenvalue weighted by atomic mass is 10.2. The highest BCUT2D eigenvalue weighted by Gasteiger charge is 2.24. The summed E-state index contributed by atoms with van der Waals surface area (Å²) in [5, 5.41) is 2.80. The zero-order valence-electron chi connectivity index (χ0n) is 19.9. The number of nitrogens with one attached hydrogen (secondary N) is 1. The van der Waals surface area contributed by atoms with Gasteiger partial charge in [0, 0.05) is 31.3 Å². The van der Waals surface area contributed by atoms with Crippen molar-refractivity contribution in [3.63, 3.8) is 0 Å². The van der Waals surface area contributed by atoms with E-state index in [1.165, 1.54) is 6.07 Å². The molecule has 3 rings (SSSR count). The van der Waals surface area contributed by atoms with Crippen molar-refractivity contribution in [2.75, 3.05) is 5.75 Å². The van der Waals surface area contributed by atoms with Gasteiger partial charge in [0.25, 0.3) is 5.91 Å². The van der Waals surface area contributed by atoms with Crippen LogP contribution in [0.5, 0.6) is 5.75 Å². The number of carbonyl (C=O) groups excluding carboxylic acids is 1. The molecule has 0 radical (unpaired) electrons. The van der Waals surface area contributed by atoms with Gasteiger partial charge in [-0.25, -0.2) is 8.42 Å². The SMILES string of the molecule is Cc1ccccc1S(=O)(=O)CCc1cc(=O)c(OCc2ccccc2)c(C(=O)NC(C)C)n1C. The van der Waals surface area contributed by atoms with Crippen molar-refractivity contribution < 1.29 is 17.9 Å². The first kappa shape index (κ1) is 25.2. The molecule has 2 aromatic carbocycles. The standard InChI is InChI=1S/C26H30N2O5S/c1-18(2)27-26(30)24-25(33-17-20-11-6-5-7-12-20)22(29)16-21(28(24)4)14-15-34(31,32)23-13-9-8-10-19(23)3/h5-13,16,18H,14-15,17H2,1-4H3,(H,27,30). The van der Waals surface area contributed by atoms with E-state index in [4.69, 9.17) is 4.74 Å². The van der Waals surface area contributed by atoms with Crippen LogP contribution in [-0.2, 0) is 29.9 Å². The number of amides is 1. The number of benzene rings is 2. The number of ether oxygens (including phenoxy) is 1. The van der Waals surface area contributed by atoms with Crippen LogP contribution < -0.4 is 15.5 Å². The van der Waals surface area contributed by atoms with E-state index in [0.717, 1.165) is 5.56 Å². The molecule has 3 aromatic rings. The summed E-state index contributed by atoms with van der Waals surface area (Å²) in [6, 6.07) is 17.3. The fourth-order valence-corrected chi connectivity index (χ4v) is 5.22. The Morgan fingerprint density at radius 2 is 1.71 bits per heavy atom. The number of carbonyl (C=O) groups is 1. The first-order valence-electron chi connectivity index (χ1n) is 11.1. The van der Waals surface area contributed by atoms with Crippen LogP contribution in [0.25, 0.3) is 0 Å². The molecule has 1 amide bonds. The maximum Gasteiger partial charge on any atom is 0.272 e. The van der Waals surface area contributed by atoms with Gasteiger partial charge < -0.3 is 14.6 Å². The van der Waals surface area contributed by atoms with E-state index in [2.05, 4.69) is 5.32 Å². The Morgan fingerprint density at radius 1 is 1.06 bits per heavy atom. The second-order valence-corrected chi connectivity index (χ2v) is 10.6. The van der Waals surface area contributed by atoms with Gasteiger partial charge in [-0.05, 0) is 38.0 Å². The first-order chi connectivity index (χ1) is 16.1. The van der Waals surface area contributed by atoms with Crippen molar-refractivity contribution in [1.82, 2.24) is 9.88 Å². The second kappa shape index (κ2) is 10.7. The van der Waals surface area contributed by atoms with Gasteiger partial charge in [-0.2, -0.15) is 0 Å². The van der Waals surface area contributed by atoms with Gasteiger partial charge in [-0.15, -0.1) is 0 Å². The Labute approximate surface area is 200 Å². The minimum atomic E-state index is -3.57. The largest absolute Gasteiger partial charge is 0.483 e. The molecule has 180 valence electrons. The molecule has 0 saturated heterocycles. The van der Waals surface area contributed by atoms with Crippen LogP contribution in [0.4, 0.5) is 0 Å². The summed E-state index contributed by atoms with van der Waals surface area (Å²) >= 11 is 0. The number of rotatable bonds is 9. The Bertz CT molecular complexity index is 1330. The number of hydrogen-bond acceptors (Lipinski definition) is 5. The zero-order chi connectivity index (χ0) is 24.9. The molecule has 0 fully saturated rings. The van der Waals surface area contributed by atoms with Crippen molar-refractivity contribution in [1.29, 1.82) is 0 Å². The van der Waals surface area contributed by atoms with Crippen LogP contribution in [0, 0.1) is 6.92 Å². The smallest absolute Gasteiger partial charge is 0.272 e. The normalized spacial score (nSPS) is 11.4. The lowest BCUT2D eigenvalue weighted by Gasteiger charge is -2.19. The van der Waals surface area contributed by atoms with Crippen molar-refractivity contribution >= 4 is 15.7 Å². The second-order valence-electron chi connectivity index (χ2n) is 8.47. The van der Waals surface area contributed by atoms with Crippen molar-refractivity contribution in [3.05, 3.63) is 93.4 Å². The predicted octanol–water partition coefficient (Wildman–Crippen LogP) is 3.43. The fraction of sp³-hybridized carbons (Fsp3) is 0.308. The van der Waals surface area contributed by atoms with Gasteiger partial charge in [0.1, 0.15) is 6.61 Å². The molecule has 0 atom stereocenters. The van der Waals surface area contributed by atoms with Crippen LogP contribution in [0.2, 0.25) is 0 Å². The number of aryl methyl sites for hydroxylation is 2. The number of hydrogen-bond donors (Lipinski definition) is 1. The van der Waals surface area contributed by atoms with Crippen LogP contribution >= 0.6 is 0 Å². The average Bonchev–Trinajstić information content (AvgIpc) is 2.78. The van der Waals surface area contributed by atoms with Crippen LogP contribution in [0.15, 0.2) is 70.4 Å². The molecule has 34 heavy (non-hydrogen) atoms. The van der Waals surface area contributed by atoms with Gasteiger partial charge in [0.15, 0.2) is 21.3 Å². The topological polar surface area (TPSA) is 94.5 Å². The fourth-order valence-electron chi connectivity index (χ4n) is 3.68. The molecule has 0 unspecified atom stereocenters. The molecule has 0 bridgehead atoms. The Balaban J connectivity index is 1.95. The molecule has 0 aliphatic heterocycles. The molecular formula is C26H30N2O5S. The number of aromatic nitrogens is 1. The third-order valence-corrected chi connectivity index (χ3v) is 7.29.